The summed E-state index contributed by atoms with van der Waals surface area (Å²) in [5.41, 5.74) is 1.85. The van der Waals surface area contributed by atoms with Crippen LogP contribution in [0, 0.1) is 0 Å². The standard InChI is InChI=1S/C12H12N4O2S/c1-15-5-4-8(6-15)11-13-12-16(14-11)9(7-19-12)2-3-10(17)18/h4-7H,2-3H2,1H3,(H,17,18). The molecule has 98 valence electrons. The fraction of sp³-hybridized carbons (Fsp3) is 0.250. The van der Waals surface area contributed by atoms with E-state index >= 15 is 0 Å². The molecule has 0 saturated carbocycles. The zero-order valence-electron chi connectivity index (χ0n) is 10.3. The zero-order chi connectivity index (χ0) is 13.4. The molecular weight excluding hydrogens is 264 g/mol. The summed E-state index contributed by atoms with van der Waals surface area (Å²) in [4.78, 5) is 15.9. The maximum absolute atomic E-state index is 10.6. The number of rotatable bonds is 4. The van der Waals surface area contributed by atoms with E-state index in [0.717, 1.165) is 16.2 Å². The average molecular weight is 276 g/mol. The smallest absolute Gasteiger partial charge is 0.303 e. The fourth-order valence-corrected chi connectivity index (χ4v) is 2.75. The monoisotopic (exact) mass is 276 g/mol. The van der Waals surface area contributed by atoms with E-state index in [-0.39, 0.29) is 6.42 Å². The molecule has 6 nitrogen and oxygen atoms in total. The van der Waals surface area contributed by atoms with Crippen LogP contribution in [-0.4, -0.2) is 30.2 Å². The molecule has 0 amide bonds. The van der Waals surface area contributed by atoms with E-state index in [0.29, 0.717) is 12.2 Å². The van der Waals surface area contributed by atoms with Crippen molar-refractivity contribution < 1.29 is 9.90 Å². The van der Waals surface area contributed by atoms with Gasteiger partial charge in [0.05, 0.1) is 12.1 Å². The van der Waals surface area contributed by atoms with Crippen LogP contribution in [0.5, 0.6) is 0 Å². The van der Waals surface area contributed by atoms with Gasteiger partial charge in [0.1, 0.15) is 0 Å². The second-order valence-corrected chi connectivity index (χ2v) is 5.15. The second-order valence-electron chi connectivity index (χ2n) is 4.32. The largest absolute Gasteiger partial charge is 0.481 e. The van der Waals surface area contributed by atoms with Crippen LogP contribution >= 0.6 is 11.3 Å². The van der Waals surface area contributed by atoms with Gasteiger partial charge in [0.15, 0.2) is 5.82 Å². The summed E-state index contributed by atoms with van der Waals surface area (Å²) in [7, 11) is 1.94. The molecule has 0 atom stereocenters. The topological polar surface area (TPSA) is 72.4 Å². The summed E-state index contributed by atoms with van der Waals surface area (Å²) in [5.74, 6) is -0.133. The SMILES string of the molecule is Cn1ccc(-c2nc3scc(CCC(=O)O)n3n2)c1. The quantitative estimate of drug-likeness (QED) is 0.789. The Balaban J connectivity index is 1.95. The number of carbonyl (C=O) groups is 1. The van der Waals surface area contributed by atoms with E-state index in [9.17, 15) is 4.79 Å². The number of hydrogen-bond acceptors (Lipinski definition) is 4. The lowest BCUT2D eigenvalue weighted by atomic mass is 10.2. The third-order valence-corrected chi connectivity index (χ3v) is 3.70. The second kappa shape index (κ2) is 4.51. The third-order valence-electron chi connectivity index (χ3n) is 2.84. The highest BCUT2D eigenvalue weighted by atomic mass is 32.1. The van der Waals surface area contributed by atoms with Gasteiger partial charge in [-0.15, -0.1) is 16.4 Å². The van der Waals surface area contributed by atoms with Crippen molar-refractivity contribution in [3.63, 3.8) is 0 Å². The number of fused-ring (bicyclic) bond motifs is 1. The Morgan fingerprint density at radius 1 is 1.53 bits per heavy atom. The number of aliphatic carboxylic acids is 1. The lowest BCUT2D eigenvalue weighted by Crippen LogP contribution is -2.00. The average Bonchev–Trinajstić information content (AvgIpc) is 3.00. The molecule has 0 aliphatic rings. The first kappa shape index (κ1) is 11.9. The molecule has 1 N–H and O–H groups in total. The summed E-state index contributed by atoms with van der Waals surface area (Å²) in [6.45, 7) is 0. The Morgan fingerprint density at radius 3 is 3.05 bits per heavy atom. The lowest BCUT2D eigenvalue weighted by Gasteiger charge is -1.94. The van der Waals surface area contributed by atoms with Crippen molar-refractivity contribution in [1.29, 1.82) is 0 Å². The molecule has 0 saturated heterocycles. The Kier molecular flexibility index (Phi) is 2.83. The summed E-state index contributed by atoms with van der Waals surface area (Å²) < 4.78 is 3.67. The molecule has 3 rings (SSSR count). The van der Waals surface area contributed by atoms with Crippen LogP contribution in [0.3, 0.4) is 0 Å². The highest BCUT2D eigenvalue weighted by Gasteiger charge is 2.12. The summed E-state index contributed by atoms with van der Waals surface area (Å²) >= 11 is 1.48. The van der Waals surface area contributed by atoms with Crippen molar-refractivity contribution >= 4 is 22.3 Å². The van der Waals surface area contributed by atoms with Gasteiger partial charge in [-0.3, -0.25) is 4.79 Å². The normalized spacial score (nSPS) is 11.2. The van der Waals surface area contributed by atoms with E-state index in [1.807, 2.05) is 35.5 Å². The number of hydrogen-bond donors (Lipinski definition) is 1. The maximum atomic E-state index is 10.6. The van der Waals surface area contributed by atoms with Gasteiger partial charge >= 0.3 is 5.97 Å². The van der Waals surface area contributed by atoms with E-state index in [1.54, 1.807) is 4.52 Å². The summed E-state index contributed by atoms with van der Waals surface area (Å²) in [5, 5.41) is 15.1. The molecule has 0 aliphatic heterocycles. The minimum Gasteiger partial charge on any atom is -0.481 e. The van der Waals surface area contributed by atoms with Crippen LogP contribution < -0.4 is 0 Å². The number of nitrogens with zero attached hydrogens (tertiary/aromatic N) is 4. The molecule has 3 aromatic rings. The Hall–Kier alpha value is -2.15. The molecule has 19 heavy (non-hydrogen) atoms. The fourth-order valence-electron chi connectivity index (χ4n) is 1.89. The number of carboxylic acid groups (broad SMARTS) is 1. The maximum Gasteiger partial charge on any atom is 0.303 e. The van der Waals surface area contributed by atoms with Crippen molar-refractivity contribution in [2.75, 3.05) is 0 Å². The van der Waals surface area contributed by atoms with E-state index < -0.39 is 5.97 Å². The van der Waals surface area contributed by atoms with Crippen molar-refractivity contribution in [2.24, 2.45) is 7.05 Å². The Morgan fingerprint density at radius 2 is 2.37 bits per heavy atom. The first-order valence-corrected chi connectivity index (χ1v) is 6.69. The highest BCUT2D eigenvalue weighted by Crippen LogP contribution is 2.21. The first-order valence-electron chi connectivity index (χ1n) is 5.81. The van der Waals surface area contributed by atoms with E-state index in [1.165, 1.54) is 11.3 Å². The van der Waals surface area contributed by atoms with E-state index in [4.69, 9.17) is 5.11 Å². The summed E-state index contributed by atoms with van der Waals surface area (Å²) in [6.07, 6.45) is 4.46. The summed E-state index contributed by atoms with van der Waals surface area (Å²) in [6, 6.07) is 1.95. The van der Waals surface area contributed by atoms with Gasteiger partial charge in [-0.05, 0) is 6.07 Å². The molecule has 0 unspecified atom stereocenters. The minimum absolute atomic E-state index is 0.104. The lowest BCUT2D eigenvalue weighted by molar-refractivity contribution is -0.136. The van der Waals surface area contributed by atoms with Crippen molar-refractivity contribution in [2.45, 2.75) is 12.8 Å². The van der Waals surface area contributed by atoms with Crippen molar-refractivity contribution in [1.82, 2.24) is 19.2 Å². The molecule has 3 heterocycles. The zero-order valence-corrected chi connectivity index (χ0v) is 11.1. The molecule has 0 bridgehead atoms. The molecule has 7 heteroatoms. The molecule has 0 radical (unpaired) electrons. The Labute approximate surface area is 112 Å². The minimum atomic E-state index is -0.803. The molecule has 0 fully saturated rings. The highest BCUT2D eigenvalue weighted by molar-refractivity contribution is 7.15. The number of aryl methyl sites for hydroxylation is 2. The third kappa shape index (κ3) is 2.24. The van der Waals surface area contributed by atoms with Gasteiger partial charge < -0.3 is 9.67 Å². The molecule has 0 aromatic carbocycles. The molecule has 0 aliphatic carbocycles. The predicted octanol–water partition coefficient (Wildman–Crippen LogP) is 1.81. The van der Waals surface area contributed by atoms with Crippen LogP contribution in [0.25, 0.3) is 16.3 Å². The van der Waals surface area contributed by atoms with Crippen LogP contribution in [-0.2, 0) is 18.3 Å². The number of carboxylic acids is 1. The van der Waals surface area contributed by atoms with Gasteiger partial charge in [0.2, 0.25) is 4.96 Å². The molecule has 0 spiro atoms. The van der Waals surface area contributed by atoms with Crippen molar-refractivity contribution in [3.05, 3.63) is 29.5 Å². The van der Waals surface area contributed by atoms with Crippen LogP contribution in [0.2, 0.25) is 0 Å². The van der Waals surface area contributed by atoms with Gasteiger partial charge in [-0.1, -0.05) is 0 Å². The first-order chi connectivity index (χ1) is 9.13. The van der Waals surface area contributed by atoms with E-state index in [2.05, 4.69) is 10.1 Å². The van der Waals surface area contributed by atoms with Crippen molar-refractivity contribution in [3.8, 4) is 11.4 Å². The van der Waals surface area contributed by atoms with Gasteiger partial charge in [0, 0.05) is 36.8 Å². The van der Waals surface area contributed by atoms with Crippen LogP contribution in [0.15, 0.2) is 23.8 Å². The number of thiazole rings is 1. The van der Waals surface area contributed by atoms with Crippen LogP contribution in [0.4, 0.5) is 0 Å². The van der Waals surface area contributed by atoms with Crippen LogP contribution in [0.1, 0.15) is 12.1 Å². The molecule has 3 aromatic heterocycles. The van der Waals surface area contributed by atoms with Gasteiger partial charge in [-0.25, -0.2) is 4.52 Å². The number of aromatic nitrogens is 4. The van der Waals surface area contributed by atoms with Gasteiger partial charge in [-0.2, -0.15) is 4.98 Å². The Bertz CT molecular complexity index is 740. The predicted molar refractivity (Wildman–Crippen MR) is 71.2 cm³/mol. The molecular formula is C12H12N4O2S. The van der Waals surface area contributed by atoms with Gasteiger partial charge in [0.25, 0.3) is 0 Å².